The van der Waals surface area contributed by atoms with E-state index in [0.717, 1.165) is 70.6 Å². The molecule has 0 amide bonds. The molecule has 0 radical (unpaired) electrons. The first-order chi connectivity index (χ1) is 30.0. The topological polar surface area (TPSA) is 78.9 Å². The second-order valence-corrected chi connectivity index (χ2v) is 16.7. The van der Waals surface area contributed by atoms with Gasteiger partial charge in [-0.25, -0.2) is 0 Å². The lowest BCUT2D eigenvalue weighted by Gasteiger charge is -2.18. The second kappa shape index (κ2) is 49.5. The molecule has 0 saturated carbocycles. The highest BCUT2D eigenvalue weighted by Gasteiger charge is 2.19. The van der Waals surface area contributed by atoms with Crippen LogP contribution in [0.25, 0.3) is 0 Å². The van der Waals surface area contributed by atoms with Crippen molar-refractivity contribution in [1.29, 1.82) is 0 Å². The second-order valence-electron chi connectivity index (χ2n) is 16.7. The smallest absolute Gasteiger partial charge is 0.306 e. The van der Waals surface area contributed by atoms with Crippen LogP contribution in [0.3, 0.4) is 0 Å². The van der Waals surface area contributed by atoms with Crippen molar-refractivity contribution in [2.24, 2.45) is 0 Å². The van der Waals surface area contributed by atoms with Crippen LogP contribution in [0.4, 0.5) is 0 Å². The fourth-order valence-electron chi connectivity index (χ4n) is 6.82. The van der Waals surface area contributed by atoms with E-state index >= 15 is 0 Å². The molecule has 0 fully saturated rings. The molecular weight excluding hydrogens is 757 g/mol. The van der Waals surface area contributed by atoms with Crippen LogP contribution >= 0.6 is 0 Å². The molecule has 350 valence electrons. The average molecular weight is 851 g/mol. The molecule has 0 unspecified atom stereocenters. The number of unbranched alkanes of at least 4 members (excludes halogenated alkanes) is 22. The van der Waals surface area contributed by atoms with Crippen molar-refractivity contribution in [3.63, 3.8) is 0 Å². The predicted molar refractivity (Wildman–Crippen MR) is 261 cm³/mol. The third-order valence-electron chi connectivity index (χ3n) is 10.7. The van der Waals surface area contributed by atoms with Gasteiger partial charge in [0.15, 0.2) is 6.10 Å². The van der Waals surface area contributed by atoms with Crippen molar-refractivity contribution in [3.05, 3.63) is 72.9 Å². The molecular formula is C55H94O6. The molecule has 0 aliphatic rings. The third-order valence-corrected chi connectivity index (χ3v) is 10.7. The number of hydrogen-bond acceptors (Lipinski definition) is 6. The summed E-state index contributed by atoms with van der Waals surface area (Å²) in [5, 5.41) is 0. The van der Waals surface area contributed by atoms with Gasteiger partial charge in [-0.2, -0.15) is 0 Å². The Bertz CT molecular complexity index is 1160. The first-order valence-electron chi connectivity index (χ1n) is 25.4. The summed E-state index contributed by atoms with van der Waals surface area (Å²) in [5.74, 6) is -0.997. The van der Waals surface area contributed by atoms with Gasteiger partial charge in [-0.15, -0.1) is 0 Å². The molecule has 6 heteroatoms. The minimum atomic E-state index is -0.808. The normalized spacial score (nSPS) is 12.6. The lowest BCUT2D eigenvalue weighted by atomic mass is 10.1. The Kier molecular flexibility index (Phi) is 46.9. The van der Waals surface area contributed by atoms with Crippen LogP contribution in [0.15, 0.2) is 72.9 Å². The van der Waals surface area contributed by atoms with Gasteiger partial charge in [0.05, 0.1) is 0 Å². The largest absolute Gasteiger partial charge is 0.462 e. The SMILES string of the molecule is CCCCC/C=C\C/C=C\C/C=C\CCCCC(=O)OC[C@H](COC(=O)CCC/C=C\C/C=C\C/C=C\CCCCCCCC)OC(=O)CCCCCCCCCCCCC. The van der Waals surface area contributed by atoms with Gasteiger partial charge in [0.25, 0.3) is 0 Å². The molecule has 0 aliphatic carbocycles. The number of carbonyl (C=O) groups is 3. The fourth-order valence-corrected chi connectivity index (χ4v) is 6.82. The van der Waals surface area contributed by atoms with Crippen molar-refractivity contribution in [2.45, 2.75) is 245 Å². The maximum absolute atomic E-state index is 12.7. The number of rotatable bonds is 45. The van der Waals surface area contributed by atoms with E-state index in [1.807, 2.05) is 0 Å². The first-order valence-corrected chi connectivity index (χ1v) is 25.4. The summed E-state index contributed by atoms with van der Waals surface area (Å²) >= 11 is 0. The quantitative estimate of drug-likeness (QED) is 0.0263. The number of esters is 3. The van der Waals surface area contributed by atoms with E-state index in [9.17, 15) is 14.4 Å². The predicted octanol–water partition coefficient (Wildman–Crippen LogP) is 16.6. The Morgan fingerprint density at radius 2 is 0.607 bits per heavy atom. The monoisotopic (exact) mass is 851 g/mol. The molecule has 1 atom stereocenters. The number of carbonyl (C=O) groups excluding carboxylic acids is 3. The molecule has 0 rings (SSSR count). The van der Waals surface area contributed by atoms with Gasteiger partial charge < -0.3 is 14.2 Å². The Balaban J connectivity index is 4.49. The Morgan fingerprint density at radius 1 is 0.328 bits per heavy atom. The Hall–Kier alpha value is -3.15. The molecule has 0 aromatic rings. The van der Waals surface area contributed by atoms with Crippen molar-refractivity contribution >= 4 is 17.9 Å². The third kappa shape index (κ3) is 47.7. The van der Waals surface area contributed by atoms with Gasteiger partial charge in [0.2, 0.25) is 0 Å². The minimum absolute atomic E-state index is 0.110. The van der Waals surface area contributed by atoms with E-state index in [4.69, 9.17) is 14.2 Å². The van der Waals surface area contributed by atoms with Gasteiger partial charge >= 0.3 is 17.9 Å². The number of ether oxygens (including phenoxy) is 3. The summed E-state index contributed by atoms with van der Waals surface area (Å²) in [7, 11) is 0. The van der Waals surface area contributed by atoms with E-state index < -0.39 is 6.10 Å². The number of allylic oxidation sites excluding steroid dienone is 12. The van der Waals surface area contributed by atoms with Gasteiger partial charge in [0.1, 0.15) is 13.2 Å². The van der Waals surface area contributed by atoms with Crippen molar-refractivity contribution < 1.29 is 28.6 Å². The molecule has 0 aromatic carbocycles. The van der Waals surface area contributed by atoms with Gasteiger partial charge in [-0.1, -0.05) is 203 Å². The molecule has 0 saturated heterocycles. The summed E-state index contributed by atoms with van der Waals surface area (Å²) in [6, 6.07) is 0. The standard InChI is InChI=1S/C55H94O6/c1-4-7-10-13-16-19-22-24-26-27-29-31-34-36-39-42-45-48-54(57)60-51-52(61-55(58)49-46-43-40-37-32-21-18-15-12-9-6-3)50-59-53(56)47-44-41-38-35-33-30-28-25-23-20-17-14-11-8-5-2/h17,20,24-26,28-29,31,33,35-36,39,52H,4-16,18-19,21-23,27,30,32,34,37-38,40-51H2,1-3H3/b20-17-,26-24-,28-25-,31-29-,35-33-,39-36-/t52-/m1/s1. The van der Waals surface area contributed by atoms with Gasteiger partial charge in [0, 0.05) is 19.3 Å². The van der Waals surface area contributed by atoms with E-state index in [2.05, 4.69) is 93.7 Å². The lowest BCUT2D eigenvalue weighted by Crippen LogP contribution is -2.30. The summed E-state index contributed by atoms with van der Waals surface area (Å²) < 4.78 is 16.7. The Labute approximate surface area is 376 Å². The van der Waals surface area contributed by atoms with E-state index in [1.165, 1.54) is 122 Å². The van der Waals surface area contributed by atoms with Crippen LogP contribution in [-0.4, -0.2) is 37.2 Å². The molecule has 6 nitrogen and oxygen atoms in total. The zero-order valence-corrected chi connectivity index (χ0v) is 39.9. The van der Waals surface area contributed by atoms with Crippen LogP contribution in [0.1, 0.15) is 239 Å². The molecule has 0 aromatic heterocycles. The van der Waals surface area contributed by atoms with Gasteiger partial charge in [-0.3, -0.25) is 14.4 Å². The summed E-state index contributed by atoms with van der Waals surface area (Å²) in [5.41, 5.74) is 0. The van der Waals surface area contributed by atoms with Crippen LogP contribution < -0.4 is 0 Å². The van der Waals surface area contributed by atoms with Crippen LogP contribution in [0, 0.1) is 0 Å². The molecule has 0 N–H and O–H groups in total. The van der Waals surface area contributed by atoms with Crippen LogP contribution in [-0.2, 0) is 28.6 Å². The van der Waals surface area contributed by atoms with Crippen LogP contribution in [0.2, 0.25) is 0 Å². The van der Waals surface area contributed by atoms with Crippen molar-refractivity contribution in [1.82, 2.24) is 0 Å². The molecule has 61 heavy (non-hydrogen) atoms. The lowest BCUT2D eigenvalue weighted by molar-refractivity contribution is -0.167. The minimum Gasteiger partial charge on any atom is -0.462 e. The zero-order chi connectivity index (χ0) is 44.4. The molecule has 0 spiro atoms. The highest BCUT2D eigenvalue weighted by atomic mass is 16.6. The van der Waals surface area contributed by atoms with E-state index in [-0.39, 0.29) is 37.5 Å². The van der Waals surface area contributed by atoms with Crippen molar-refractivity contribution in [2.75, 3.05) is 13.2 Å². The van der Waals surface area contributed by atoms with Crippen LogP contribution in [0.5, 0.6) is 0 Å². The summed E-state index contributed by atoms with van der Waals surface area (Å²) in [4.78, 5) is 37.9. The van der Waals surface area contributed by atoms with Gasteiger partial charge in [-0.05, 0) is 89.9 Å². The van der Waals surface area contributed by atoms with Crippen molar-refractivity contribution in [3.8, 4) is 0 Å². The Morgan fingerprint density at radius 3 is 1.05 bits per heavy atom. The zero-order valence-electron chi connectivity index (χ0n) is 39.9. The molecule has 0 heterocycles. The summed E-state index contributed by atoms with van der Waals surface area (Å²) in [6.45, 7) is 6.51. The molecule has 0 aliphatic heterocycles. The fraction of sp³-hybridized carbons (Fsp3) is 0.727. The summed E-state index contributed by atoms with van der Waals surface area (Å²) in [6.07, 6.45) is 61.8. The maximum Gasteiger partial charge on any atom is 0.306 e. The highest BCUT2D eigenvalue weighted by molar-refractivity contribution is 5.71. The average Bonchev–Trinajstić information content (AvgIpc) is 3.26. The maximum atomic E-state index is 12.7. The number of hydrogen-bond donors (Lipinski definition) is 0. The van der Waals surface area contributed by atoms with E-state index in [0.29, 0.717) is 19.3 Å². The van der Waals surface area contributed by atoms with E-state index in [1.54, 1.807) is 0 Å². The molecule has 0 bridgehead atoms. The highest BCUT2D eigenvalue weighted by Crippen LogP contribution is 2.14. The first kappa shape index (κ1) is 57.9.